The molecule has 4 aliphatic rings. The van der Waals surface area contributed by atoms with Crippen molar-refractivity contribution in [1.82, 2.24) is 5.32 Å². The molecular weight excluding hydrogens is 236 g/mol. The fraction of sp³-hybridized carbons (Fsp3) is 0.938. The van der Waals surface area contributed by atoms with E-state index in [0.29, 0.717) is 5.91 Å². The lowest BCUT2D eigenvalue weighted by Gasteiger charge is -2.55. The second-order valence-corrected chi connectivity index (χ2v) is 7.79. The summed E-state index contributed by atoms with van der Waals surface area (Å²) in [6.45, 7) is 4.09. The highest BCUT2D eigenvalue weighted by molar-refractivity contribution is 5.83. The van der Waals surface area contributed by atoms with Crippen molar-refractivity contribution in [2.75, 3.05) is 0 Å². The molecule has 4 fully saturated rings. The molecule has 0 saturated heterocycles. The summed E-state index contributed by atoms with van der Waals surface area (Å²) in [5.74, 6) is 2.84. The number of nitrogens with two attached hydrogens (primary N) is 1. The van der Waals surface area contributed by atoms with Gasteiger partial charge in [0.05, 0.1) is 0 Å². The Kier molecular flexibility index (Phi) is 3.36. The van der Waals surface area contributed by atoms with E-state index in [9.17, 15) is 4.79 Å². The Morgan fingerprint density at radius 3 is 2.05 bits per heavy atom. The first kappa shape index (κ1) is 13.4. The SMILES string of the molecule is CC(N)CC(C)NC(=O)C12CC3CC(CC(C3)C1)C2. The zero-order valence-corrected chi connectivity index (χ0v) is 12.3. The van der Waals surface area contributed by atoms with Crippen LogP contribution in [0.5, 0.6) is 0 Å². The molecule has 4 bridgehead atoms. The van der Waals surface area contributed by atoms with Crippen LogP contribution in [0.4, 0.5) is 0 Å². The number of hydrogen-bond acceptors (Lipinski definition) is 2. The van der Waals surface area contributed by atoms with Crippen molar-refractivity contribution < 1.29 is 4.79 Å². The molecule has 2 unspecified atom stereocenters. The standard InChI is InChI=1S/C16H28N2O/c1-10(17)3-11(2)18-15(19)16-7-12-4-13(8-16)6-14(5-12)9-16/h10-14H,3-9,17H2,1-2H3,(H,18,19). The molecule has 4 saturated carbocycles. The quantitative estimate of drug-likeness (QED) is 0.819. The molecule has 2 atom stereocenters. The van der Waals surface area contributed by atoms with Crippen LogP contribution in [-0.4, -0.2) is 18.0 Å². The molecule has 0 aromatic carbocycles. The van der Waals surface area contributed by atoms with Crippen molar-refractivity contribution in [2.24, 2.45) is 28.9 Å². The first-order valence-electron chi connectivity index (χ1n) is 8.03. The molecule has 0 aliphatic heterocycles. The molecule has 4 aliphatic carbocycles. The molecule has 4 rings (SSSR count). The minimum Gasteiger partial charge on any atom is -0.353 e. The van der Waals surface area contributed by atoms with Crippen LogP contribution in [0.25, 0.3) is 0 Å². The van der Waals surface area contributed by atoms with Crippen molar-refractivity contribution in [1.29, 1.82) is 0 Å². The van der Waals surface area contributed by atoms with Gasteiger partial charge in [0.15, 0.2) is 0 Å². The number of hydrogen-bond donors (Lipinski definition) is 2. The third-order valence-electron chi connectivity index (χ3n) is 5.62. The molecule has 1 amide bonds. The number of carbonyl (C=O) groups is 1. The zero-order valence-electron chi connectivity index (χ0n) is 12.3. The van der Waals surface area contributed by atoms with E-state index in [2.05, 4.69) is 12.2 Å². The van der Waals surface area contributed by atoms with Gasteiger partial charge in [-0.25, -0.2) is 0 Å². The third-order valence-corrected chi connectivity index (χ3v) is 5.62. The van der Waals surface area contributed by atoms with Crippen LogP contribution in [0.2, 0.25) is 0 Å². The fourth-order valence-corrected chi connectivity index (χ4v) is 5.38. The number of carbonyl (C=O) groups excluding carboxylic acids is 1. The Morgan fingerprint density at radius 1 is 1.16 bits per heavy atom. The van der Waals surface area contributed by atoms with Gasteiger partial charge in [0.25, 0.3) is 0 Å². The molecule has 3 nitrogen and oxygen atoms in total. The summed E-state index contributed by atoms with van der Waals surface area (Å²) in [4.78, 5) is 12.7. The summed E-state index contributed by atoms with van der Waals surface area (Å²) in [5.41, 5.74) is 5.81. The highest BCUT2D eigenvalue weighted by Crippen LogP contribution is 2.60. The van der Waals surface area contributed by atoms with Gasteiger partial charge in [0.1, 0.15) is 0 Å². The van der Waals surface area contributed by atoms with E-state index in [4.69, 9.17) is 5.73 Å². The van der Waals surface area contributed by atoms with Crippen molar-refractivity contribution in [2.45, 2.75) is 70.9 Å². The molecule has 3 heteroatoms. The monoisotopic (exact) mass is 264 g/mol. The maximum atomic E-state index is 12.7. The third kappa shape index (κ3) is 2.54. The molecule has 0 aromatic rings. The minimum absolute atomic E-state index is 0.0130. The van der Waals surface area contributed by atoms with E-state index in [-0.39, 0.29) is 17.5 Å². The predicted octanol–water partition coefficient (Wildman–Crippen LogP) is 2.44. The molecule has 0 spiro atoms. The van der Waals surface area contributed by atoms with Crippen molar-refractivity contribution >= 4 is 5.91 Å². The summed E-state index contributed by atoms with van der Waals surface area (Å²) in [6.07, 6.45) is 8.49. The summed E-state index contributed by atoms with van der Waals surface area (Å²) in [5, 5.41) is 3.25. The van der Waals surface area contributed by atoms with E-state index in [0.717, 1.165) is 43.4 Å². The Labute approximate surface area is 116 Å². The van der Waals surface area contributed by atoms with Gasteiger partial charge in [-0.05, 0) is 76.5 Å². The van der Waals surface area contributed by atoms with Gasteiger partial charge in [0.2, 0.25) is 5.91 Å². The maximum absolute atomic E-state index is 12.7. The van der Waals surface area contributed by atoms with E-state index in [1.54, 1.807) is 0 Å². The largest absolute Gasteiger partial charge is 0.353 e. The van der Waals surface area contributed by atoms with Gasteiger partial charge in [0, 0.05) is 17.5 Å². The zero-order chi connectivity index (χ0) is 13.6. The van der Waals surface area contributed by atoms with Gasteiger partial charge < -0.3 is 11.1 Å². The molecule has 0 aromatic heterocycles. The van der Waals surface area contributed by atoms with Crippen molar-refractivity contribution in [3.63, 3.8) is 0 Å². The Balaban J connectivity index is 1.66. The van der Waals surface area contributed by atoms with E-state index < -0.39 is 0 Å². The lowest BCUT2D eigenvalue weighted by Crippen LogP contribution is -2.55. The van der Waals surface area contributed by atoms with Gasteiger partial charge in [-0.3, -0.25) is 4.79 Å². The van der Waals surface area contributed by atoms with Crippen LogP contribution in [0, 0.1) is 23.2 Å². The Bertz CT molecular complexity index is 328. The van der Waals surface area contributed by atoms with Gasteiger partial charge in [-0.1, -0.05) is 0 Å². The summed E-state index contributed by atoms with van der Waals surface area (Å²) in [6, 6.07) is 0.368. The minimum atomic E-state index is -0.0130. The average Bonchev–Trinajstić information content (AvgIpc) is 2.25. The van der Waals surface area contributed by atoms with E-state index >= 15 is 0 Å². The molecule has 108 valence electrons. The molecule has 0 heterocycles. The van der Waals surface area contributed by atoms with E-state index in [1.807, 2.05) is 6.92 Å². The van der Waals surface area contributed by atoms with Gasteiger partial charge in [-0.2, -0.15) is 0 Å². The smallest absolute Gasteiger partial charge is 0.226 e. The topological polar surface area (TPSA) is 55.1 Å². The number of amides is 1. The lowest BCUT2D eigenvalue weighted by molar-refractivity contribution is -0.147. The second kappa shape index (κ2) is 4.76. The predicted molar refractivity (Wildman–Crippen MR) is 76.5 cm³/mol. The summed E-state index contributed by atoms with van der Waals surface area (Å²) >= 11 is 0. The fourth-order valence-electron chi connectivity index (χ4n) is 5.38. The van der Waals surface area contributed by atoms with Crippen LogP contribution in [0.3, 0.4) is 0 Å². The first-order chi connectivity index (χ1) is 8.97. The highest BCUT2D eigenvalue weighted by atomic mass is 16.2. The number of nitrogens with one attached hydrogen (secondary N) is 1. The molecule has 3 N–H and O–H groups in total. The van der Waals surface area contributed by atoms with Crippen LogP contribution < -0.4 is 11.1 Å². The van der Waals surface area contributed by atoms with E-state index in [1.165, 1.54) is 19.3 Å². The average molecular weight is 264 g/mol. The Morgan fingerprint density at radius 2 is 1.63 bits per heavy atom. The molecular formula is C16H28N2O. The molecule has 0 radical (unpaired) electrons. The lowest BCUT2D eigenvalue weighted by atomic mass is 9.49. The highest BCUT2D eigenvalue weighted by Gasteiger charge is 2.54. The van der Waals surface area contributed by atoms with Crippen LogP contribution in [0.1, 0.15) is 58.8 Å². The van der Waals surface area contributed by atoms with Crippen molar-refractivity contribution in [3.8, 4) is 0 Å². The summed E-state index contributed by atoms with van der Waals surface area (Å²) in [7, 11) is 0. The number of rotatable bonds is 4. The normalized spacial score (nSPS) is 43.0. The van der Waals surface area contributed by atoms with Crippen LogP contribution >= 0.6 is 0 Å². The van der Waals surface area contributed by atoms with Gasteiger partial charge >= 0.3 is 0 Å². The van der Waals surface area contributed by atoms with Crippen LogP contribution in [-0.2, 0) is 4.79 Å². The second-order valence-electron chi connectivity index (χ2n) is 7.79. The first-order valence-corrected chi connectivity index (χ1v) is 8.03. The van der Waals surface area contributed by atoms with Crippen LogP contribution in [0.15, 0.2) is 0 Å². The maximum Gasteiger partial charge on any atom is 0.226 e. The molecule has 19 heavy (non-hydrogen) atoms. The van der Waals surface area contributed by atoms with Gasteiger partial charge in [-0.15, -0.1) is 0 Å². The summed E-state index contributed by atoms with van der Waals surface area (Å²) < 4.78 is 0. The Hall–Kier alpha value is -0.570. The van der Waals surface area contributed by atoms with Crippen molar-refractivity contribution in [3.05, 3.63) is 0 Å².